The van der Waals surface area contributed by atoms with Crippen molar-refractivity contribution in [2.75, 3.05) is 0 Å². The van der Waals surface area contributed by atoms with Gasteiger partial charge in [0, 0.05) is 23.7 Å². The summed E-state index contributed by atoms with van der Waals surface area (Å²) in [5.41, 5.74) is 5.48. The van der Waals surface area contributed by atoms with Gasteiger partial charge in [0.1, 0.15) is 11.5 Å². The highest BCUT2D eigenvalue weighted by molar-refractivity contribution is 6.07. The first kappa shape index (κ1) is 20.3. The summed E-state index contributed by atoms with van der Waals surface area (Å²) in [5, 5.41) is 16.9. The number of carbonyl (C=O) groups is 2. The molecule has 8 heteroatoms. The van der Waals surface area contributed by atoms with Crippen LogP contribution in [0.1, 0.15) is 56.3 Å². The Kier molecular flexibility index (Phi) is 5.79. The Bertz CT molecular complexity index is 1150. The van der Waals surface area contributed by atoms with Gasteiger partial charge in [0.25, 0.3) is 11.8 Å². The maximum absolute atomic E-state index is 12.7. The Morgan fingerprint density at radius 3 is 2.71 bits per heavy atom. The summed E-state index contributed by atoms with van der Waals surface area (Å²) in [6, 6.07) is 11.8. The topological polar surface area (TPSA) is 117 Å². The molecule has 0 spiro atoms. The molecule has 3 N–H and O–H groups in total. The summed E-state index contributed by atoms with van der Waals surface area (Å²) < 4.78 is 5.86. The molecule has 1 aromatic carbocycles. The van der Waals surface area contributed by atoms with Crippen LogP contribution in [0.2, 0.25) is 0 Å². The lowest BCUT2D eigenvalue weighted by atomic mass is 9.93. The van der Waals surface area contributed by atoms with Crippen LogP contribution in [-0.2, 0) is 13.0 Å². The molecule has 0 unspecified atom stereocenters. The number of nitrogens with zero attached hydrogens (tertiary/aromatic N) is 2. The van der Waals surface area contributed by atoms with Gasteiger partial charge in [0.15, 0.2) is 5.76 Å². The van der Waals surface area contributed by atoms with Crippen molar-refractivity contribution in [3.8, 4) is 5.75 Å². The number of phenols is 1. The minimum atomic E-state index is -0.507. The van der Waals surface area contributed by atoms with E-state index in [4.69, 9.17) is 4.42 Å². The van der Waals surface area contributed by atoms with Crippen LogP contribution in [0.3, 0.4) is 0 Å². The highest BCUT2D eigenvalue weighted by atomic mass is 16.4. The average molecular weight is 418 g/mol. The Morgan fingerprint density at radius 1 is 1.13 bits per heavy atom. The van der Waals surface area contributed by atoms with Gasteiger partial charge < -0.3 is 14.8 Å². The van der Waals surface area contributed by atoms with Gasteiger partial charge in [-0.2, -0.15) is 5.10 Å². The minimum absolute atomic E-state index is 0.115. The standard InChI is InChI=1S/C23H22N4O4/c1-14-20-17(26-27-22(29)16-8-2-3-10-18(16)28)9-6-11-19(20)31-21(14)23(30)25-13-15-7-4-5-12-24-15/h2-5,7-8,10,12,28H,6,9,11,13H2,1H3,(H,25,30)(H,27,29)/b26-17+. The van der Waals surface area contributed by atoms with Gasteiger partial charge in [0.05, 0.1) is 23.5 Å². The van der Waals surface area contributed by atoms with Crippen molar-refractivity contribution in [3.05, 3.63) is 82.6 Å². The summed E-state index contributed by atoms with van der Waals surface area (Å²) >= 11 is 0. The molecule has 0 fully saturated rings. The number of nitrogens with one attached hydrogen (secondary N) is 2. The largest absolute Gasteiger partial charge is 0.507 e. The lowest BCUT2D eigenvalue weighted by Gasteiger charge is -2.13. The first-order valence-electron chi connectivity index (χ1n) is 10.00. The third kappa shape index (κ3) is 4.32. The smallest absolute Gasteiger partial charge is 0.287 e. The zero-order valence-electron chi connectivity index (χ0n) is 17.0. The fourth-order valence-corrected chi connectivity index (χ4v) is 3.59. The third-order valence-electron chi connectivity index (χ3n) is 5.13. The van der Waals surface area contributed by atoms with Crippen LogP contribution in [0.4, 0.5) is 0 Å². The van der Waals surface area contributed by atoms with E-state index in [9.17, 15) is 14.7 Å². The molecule has 2 amide bonds. The number of fused-ring (bicyclic) bond motifs is 1. The number of hydrogen-bond donors (Lipinski definition) is 3. The first-order valence-corrected chi connectivity index (χ1v) is 10.00. The molecule has 4 rings (SSSR count). The van der Waals surface area contributed by atoms with Crippen LogP contribution in [0.25, 0.3) is 0 Å². The zero-order chi connectivity index (χ0) is 21.8. The summed E-state index contributed by atoms with van der Waals surface area (Å²) in [5.74, 6) is -0.0249. The number of hydrogen-bond acceptors (Lipinski definition) is 6. The molecule has 0 aliphatic heterocycles. The molecule has 158 valence electrons. The summed E-state index contributed by atoms with van der Waals surface area (Å²) in [4.78, 5) is 29.2. The van der Waals surface area contributed by atoms with E-state index in [1.54, 1.807) is 18.3 Å². The van der Waals surface area contributed by atoms with Gasteiger partial charge >= 0.3 is 0 Å². The number of hydrazone groups is 1. The second kappa shape index (κ2) is 8.83. The first-order chi connectivity index (χ1) is 15.0. The zero-order valence-corrected chi connectivity index (χ0v) is 17.0. The number of para-hydroxylation sites is 1. The van der Waals surface area contributed by atoms with Crippen molar-refractivity contribution >= 4 is 17.5 Å². The molecule has 0 saturated heterocycles. The molecular weight excluding hydrogens is 396 g/mol. The second-order valence-electron chi connectivity index (χ2n) is 7.23. The lowest BCUT2D eigenvalue weighted by molar-refractivity contribution is 0.0918. The number of rotatable bonds is 5. The lowest BCUT2D eigenvalue weighted by Crippen LogP contribution is -2.24. The molecule has 2 heterocycles. The van der Waals surface area contributed by atoms with Crippen molar-refractivity contribution in [2.45, 2.75) is 32.7 Å². The second-order valence-corrected chi connectivity index (χ2v) is 7.23. The highest BCUT2D eigenvalue weighted by Crippen LogP contribution is 2.30. The molecule has 0 saturated carbocycles. The molecule has 8 nitrogen and oxygen atoms in total. The number of amides is 2. The van der Waals surface area contributed by atoms with Crippen molar-refractivity contribution in [3.63, 3.8) is 0 Å². The van der Waals surface area contributed by atoms with E-state index in [1.807, 2.05) is 25.1 Å². The maximum atomic E-state index is 12.7. The number of aromatic nitrogens is 1. The van der Waals surface area contributed by atoms with Gasteiger partial charge in [-0.1, -0.05) is 18.2 Å². The highest BCUT2D eigenvalue weighted by Gasteiger charge is 2.28. The quantitative estimate of drug-likeness (QED) is 0.551. The van der Waals surface area contributed by atoms with E-state index >= 15 is 0 Å². The Hall–Kier alpha value is -3.94. The monoisotopic (exact) mass is 418 g/mol. The molecule has 31 heavy (non-hydrogen) atoms. The van der Waals surface area contributed by atoms with Crippen LogP contribution in [0.5, 0.6) is 5.75 Å². The molecule has 3 aromatic rings. The summed E-state index contributed by atoms with van der Waals surface area (Å²) in [6.45, 7) is 2.10. The predicted molar refractivity (Wildman–Crippen MR) is 114 cm³/mol. The normalized spacial score (nSPS) is 14.2. The SMILES string of the molecule is Cc1c(C(=O)NCc2ccccn2)oc2c1/C(=N/NC(=O)c1ccccc1O)CCC2. The van der Waals surface area contributed by atoms with E-state index in [-0.39, 0.29) is 23.0 Å². The summed E-state index contributed by atoms with van der Waals surface area (Å²) in [7, 11) is 0. The van der Waals surface area contributed by atoms with Crippen molar-refractivity contribution in [1.29, 1.82) is 0 Å². The number of benzene rings is 1. The minimum Gasteiger partial charge on any atom is -0.507 e. The van der Waals surface area contributed by atoms with Gasteiger partial charge in [0.2, 0.25) is 0 Å². The Morgan fingerprint density at radius 2 is 1.94 bits per heavy atom. The van der Waals surface area contributed by atoms with Crippen LogP contribution in [0.15, 0.2) is 58.2 Å². The molecule has 0 bridgehead atoms. The van der Waals surface area contributed by atoms with Crippen LogP contribution in [-0.4, -0.2) is 27.6 Å². The van der Waals surface area contributed by atoms with Crippen molar-refractivity contribution in [2.24, 2.45) is 5.10 Å². The number of aryl methyl sites for hydroxylation is 1. The Balaban J connectivity index is 1.52. The predicted octanol–water partition coefficient (Wildman–Crippen LogP) is 3.09. The van der Waals surface area contributed by atoms with E-state index in [0.717, 1.165) is 17.7 Å². The molecule has 1 aliphatic carbocycles. The van der Waals surface area contributed by atoms with Crippen molar-refractivity contribution < 1.29 is 19.1 Å². The average Bonchev–Trinajstić information content (AvgIpc) is 3.14. The van der Waals surface area contributed by atoms with E-state index in [0.29, 0.717) is 36.4 Å². The third-order valence-corrected chi connectivity index (χ3v) is 5.13. The van der Waals surface area contributed by atoms with Gasteiger partial charge in [-0.3, -0.25) is 14.6 Å². The number of phenolic OH excluding ortho intramolecular Hbond substituents is 1. The van der Waals surface area contributed by atoms with Crippen LogP contribution in [0, 0.1) is 6.92 Å². The van der Waals surface area contributed by atoms with E-state index in [2.05, 4.69) is 20.8 Å². The van der Waals surface area contributed by atoms with Gasteiger partial charge in [-0.25, -0.2) is 5.43 Å². The van der Waals surface area contributed by atoms with Gasteiger partial charge in [-0.05, 0) is 44.0 Å². The van der Waals surface area contributed by atoms with Gasteiger partial charge in [-0.15, -0.1) is 0 Å². The van der Waals surface area contributed by atoms with E-state index in [1.165, 1.54) is 12.1 Å². The number of furan rings is 1. The van der Waals surface area contributed by atoms with Crippen molar-refractivity contribution in [1.82, 2.24) is 15.7 Å². The van der Waals surface area contributed by atoms with Crippen LogP contribution < -0.4 is 10.7 Å². The van der Waals surface area contributed by atoms with Crippen LogP contribution >= 0.6 is 0 Å². The molecule has 0 atom stereocenters. The fourth-order valence-electron chi connectivity index (χ4n) is 3.59. The Labute approximate surface area is 179 Å². The number of carbonyl (C=O) groups excluding carboxylic acids is 2. The summed E-state index contributed by atoms with van der Waals surface area (Å²) in [6.07, 6.45) is 3.80. The number of pyridine rings is 1. The molecule has 0 radical (unpaired) electrons. The maximum Gasteiger partial charge on any atom is 0.287 e. The fraction of sp³-hybridized carbons (Fsp3) is 0.217. The molecular formula is C23H22N4O4. The molecule has 1 aliphatic rings. The molecule has 2 aromatic heterocycles. The number of aromatic hydroxyl groups is 1. The van der Waals surface area contributed by atoms with E-state index < -0.39 is 5.91 Å².